The molecule has 0 aromatic carbocycles. The molecule has 0 aromatic rings. The summed E-state index contributed by atoms with van der Waals surface area (Å²) in [4.78, 5) is 12.8. The lowest BCUT2D eigenvalue weighted by molar-refractivity contribution is -0.117. The van der Waals surface area contributed by atoms with E-state index in [1.807, 2.05) is 13.8 Å². The maximum absolute atomic E-state index is 10.6. The van der Waals surface area contributed by atoms with Crippen molar-refractivity contribution < 1.29 is 4.79 Å². The molecule has 66 valence electrons. The number of likely N-dealkylation sites (tertiary alicyclic amines) is 1. The largest absolute Gasteiger partial charge is 0.299 e. The monoisotopic (exact) mass is 157 g/mol. The molecule has 2 heteroatoms. The van der Waals surface area contributed by atoms with E-state index in [1.165, 1.54) is 12.8 Å². The normalized spacial score (nSPS) is 17.4. The standard InChI is InChI=1S/C7H13NO.C2H6/c1-7(9)6-8-4-2-3-5-8;1-2/h2-6H2,1H3;1-2H3. The highest BCUT2D eigenvalue weighted by molar-refractivity contribution is 5.77. The fraction of sp³-hybridized carbons (Fsp3) is 0.889. The lowest BCUT2D eigenvalue weighted by atomic mass is 10.4. The van der Waals surface area contributed by atoms with E-state index in [1.54, 1.807) is 6.92 Å². The van der Waals surface area contributed by atoms with Crippen molar-refractivity contribution in [2.24, 2.45) is 0 Å². The summed E-state index contributed by atoms with van der Waals surface area (Å²) in [7, 11) is 0. The number of rotatable bonds is 2. The van der Waals surface area contributed by atoms with Crippen LogP contribution in [0, 0.1) is 0 Å². The highest BCUT2D eigenvalue weighted by Gasteiger charge is 2.11. The Morgan fingerprint density at radius 1 is 1.27 bits per heavy atom. The Hall–Kier alpha value is -0.370. The lowest BCUT2D eigenvalue weighted by Gasteiger charge is -2.10. The Kier molecular flexibility index (Phi) is 6.13. The summed E-state index contributed by atoms with van der Waals surface area (Å²) >= 11 is 0. The van der Waals surface area contributed by atoms with Gasteiger partial charge in [0.1, 0.15) is 5.78 Å². The van der Waals surface area contributed by atoms with Crippen molar-refractivity contribution in [3.8, 4) is 0 Å². The van der Waals surface area contributed by atoms with Crippen LogP contribution in [0.2, 0.25) is 0 Å². The van der Waals surface area contributed by atoms with Crippen molar-refractivity contribution in [1.29, 1.82) is 0 Å². The zero-order chi connectivity index (χ0) is 8.69. The minimum absolute atomic E-state index is 0.289. The first kappa shape index (κ1) is 10.6. The summed E-state index contributed by atoms with van der Waals surface area (Å²) in [6.07, 6.45) is 2.54. The van der Waals surface area contributed by atoms with E-state index in [9.17, 15) is 4.79 Å². The molecule has 0 atom stereocenters. The van der Waals surface area contributed by atoms with Crippen molar-refractivity contribution in [3.05, 3.63) is 0 Å². The first-order valence-electron chi connectivity index (χ1n) is 4.51. The number of Topliss-reactive ketones (excluding diaryl/α,β-unsaturated/α-hetero) is 1. The van der Waals surface area contributed by atoms with E-state index in [0.717, 1.165) is 13.1 Å². The van der Waals surface area contributed by atoms with Gasteiger partial charge in [-0.3, -0.25) is 9.69 Å². The van der Waals surface area contributed by atoms with E-state index >= 15 is 0 Å². The summed E-state index contributed by atoms with van der Waals surface area (Å²) in [5.74, 6) is 0.289. The van der Waals surface area contributed by atoms with Crippen LogP contribution in [-0.4, -0.2) is 30.3 Å². The van der Waals surface area contributed by atoms with E-state index in [0.29, 0.717) is 6.54 Å². The van der Waals surface area contributed by atoms with Crippen molar-refractivity contribution >= 4 is 5.78 Å². The van der Waals surface area contributed by atoms with Gasteiger partial charge in [-0.25, -0.2) is 0 Å². The maximum atomic E-state index is 10.6. The Bertz CT molecular complexity index is 106. The number of carbonyl (C=O) groups excluding carboxylic acids is 1. The third-order valence-corrected chi connectivity index (χ3v) is 1.64. The molecule has 1 rings (SSSR count). The minimum atomic E-state index is 0.289. The highest BCUT2D eigenvalue weighted by atomic mass is 16.1. The molecule has 1 aliphatic heterocycles. The van der Waals surface area contributed by atoms with Gasteiger partial charge in [0.25, 0.3) is 0 Å². The number of hydrogen-bond acceptors (Lipinski definition) is 2. The van der Waals surface area contributed by atoms with Gasteiger partial charge >= 0.3 is 0 Å². The fourth-order valence-electron chi connectivity index (χ4n) is 1.26. The van der Waals surface area contributed by atoms with Gasteiger partial charge in [0.05, 0.1) is 6.54 Å². The second-order valence-electron chi connectivity index (χ2n) is 2.69. The van der Waals surface area contributed by atoms with E-state index in [2.05, 4.69) is 4.90 Å². The molecule has 11 heavy (non-hydrogen) atoms. The van der Waals surface area contributed by atoms with Gasteiger partial charge in [-0.15, -0.1) is 0 Å². The van der Waals surface area contributed by atoms with Gasteiger partial charge < -0.3 is 0 Å². The molecule has 0 radical (unpaired) electrons. The first-order chi connectivity index (χ1) is 5.29. The van der Waals surface area contributed by atoms with Gasteiger partial charge in [0, 0.05) is 0 Å². The van der Waals surface area contributed by atoms with Crippen LogP contribution < -0.4 is 0 Å². The molecule has 0 unspecified atom stereocenters. The van der Waals surface area contributed by atoms with Crippen LogP contribution in [0.15, 0.2) is 0 Å². The lowest BCUT2D eigenvalue weighted by Crippen LogP contribution is -2.24. The highest BCUT2D eigenvalue weighted by Crippen LogP contribution is 2.05. The second-order valence-corrected chi connectivity index (χ2v) is 2.69. The molecule has 0 N–H and O–H groups in total. The zero-order valence-electron chi connectivity index (χ0n) is 7.89. The van der Waals surface area contributed by atoms with E-state index < -0.39 is 0 Å². The molecular formula is C9H19NO. The van der Waals surface area contributed by atoms with Crippen LogP contribution in [0.4, 0.5) is 0 Å². The van der Waals surface area contributed by atoms with Crippen LogP contribution in [-0.2, 0) is 4.79 Å². The van der Waals surface area contributed by atoms with Crippen LogP contribution in [0.1, 0.15) is 33.6 Å². The first-order valence-corrected chi connectivity index (χ1v) is 4.51. The van der Waals surface area contributed by atoms with Crippen LogP contribution in [0.5, 0.6) is 0 Å². The molecule has 0 bridgehead atoms. The van der Waals surface area contributed by atoms with Gasteiger partial charge in [0.2, 0.25) is 0 Å². The van der Waals surface area contributed by atoms with Crippen LogP contribution in [0.25, 0.3) is 0 Å². The fourth-order valence-corrected chi connectivity index (χ4v) is 1.26. The molecule has 0 spiro atoms. The Balaban J connectivity index is 0.000000461. The van der Waals surface area contributed by atoms with E-state index in [-0.39, 0.29) is 5.78 Å². The molecule has 0 saturated carbocycles. The molecule has 2 nitrogen and oxygen atoms in total. The third-order valence-electron chi connectivity index (χ3n) is 1.64. The van der Waals surface area contributed by atoms with E-state index in [4.69, 9.17) is 0 Å². The average molecular weight is 157 g/mol. The predicted octanol–water partition coefficient (Wildman–Crippen LogP) is 1.70. The molecule has 1 aliphatic rings. The minimum Gasteiger partial charge on any atom is -0.299 e. The molecular weight excluding hydrogens is 138 g/mol. The summed E-state index contributed by atoms with van der Waals surface area (Å²) < 4.78 is 0. The molecule has 1 fully saturated rings. The second kappa shape index (κ2) is 6.35. The van der Waals surface area contributed by atoms with Gasteiger partial charge in [-0.1, -0.05) is 13.8 Å². The Morgan fingerprint density at radius 3 is 2.09 bits per heavy atom. The number of carbonyl (C=O) groups is 1. The summed E-state index contributed by atoms with van der Waals surface area (Å²) in [6, 6.07) is 0. The molecule has 0 amide bonds. The van der Waals surface area contributed by atoms with Crippen LogP contribution in [0.3, 0.4) is 0 Å². The summed E-state index contributed by atoms with van der Waals surface area (Å²) in [5.41, 5.74) is 0. The molecule has 0 aliphatic carbocycles. The number of ketones is 1. The Labute approximate surface area is 69.6 Å². The number of hydrogen-bond donors (Lipinski definition) is 0. The van der Waals surface area contributed by atoms with Crippen molar-refractivity contribution in [1.82, 2.24) is 4.90 Å². The average Bonchev–Trinajstić information content (AvgIpc) is 2.43. The smallest absolute Gasteiger partial charge is 0.143 e. The van der Waals surface area contributed by atoms with Gasteiger partial charge in [-0.2, -0.15) is 0 Å². The summed E-state index contributed by atoms with van der Waals surface area (Å²) in [6.45, 7) is 8.57. The maximum Gasteiger partial charge on any atom is 0.143 e. The predicted molar refractivity (Wildman–Crippen MR) is 47.7 cm³/mol. The Morgan fingerprint density at radius 2 is 1.73 bits per heavy atom. The van der Waals surface area contributed by atoms with Gasteiger partial charge in [-0.05, 0) is 32.9 Å². The molecule has 1 saturated heterocycles. The van der Waals surface area contributed by atoms with Crippen LogP contribution >= 0.6 is 0 Å². The molecule has 1 heterocycles. The number of nitrogens with zero attached hydrogens (tertiary/aromatic N) is 1. The van der Waals surface area contributed by atoms with Crippen molar-refractivity contribution in [3.63, 3.8) is 0 Å². The molecule has 0 aromatic heterocycles. The topological polar surface area (TPSA) is 20.3 Å². The van der Waals surface area contributed by atoms with Crippen molar-refractivity contribution in [2.75, 3.05) is 19.6 Å². The SMILES string of the molecule is CC.CC(=O)CN1CCCC1. The van der Waals surface area contributed by atoms with Gasteiger partial charge in [0.15, 0.2) is 0 Å². The quantitative estimate of drug-likeness (QED) is 0.608. The van der Waals surface area contributed by atoms with Crippen molar-refractivity contribution in [2.45, 2.75) is 33.6 Å². The third kappa shape index (κ3) is 4.96. The summed E-state index contributed by atoms with van der Waals surface area (Å²) in [5, 5.41) is 0. The zero-order valence-corrected chi connectivity index (χ0v) is 7.89.